The maximum atomic E-state index is 15.6. The first kappa shape index (κ1) is 25.8. The zero-order valence-electron chi connectivity index (χ0n) is 22.0. The van der Waals surface area contributed by atoms with Crippen LogP contribution in [0.3, 0.4) is 0 Å². The summed E-state index contributed by atoms with van der Waals surface area (Å²) in [4.78, 5) is 6.99. The summed E-state index contributed by atoms with van der Waals surface area (Å²) in [5.41, 5.74) is 4.19. The Balaban J connectivity index is 1.10. The van der Waals surface area contributed by atoms with Crippen molar-refractivity contribution in [3.05, 3.63) is 78.5 Å². The highest BCUT2D eigenvalue weighted by Gasteiger charge is 2.31. The average molecular weight is 559 g/mol. The summed E-state index contributed by atoms with van der Waals surface area (Å²) in [6, 6.07) is 18.9. The van der Waals surface area contributed by atoms with Crippen molar-refractivity contribution < 1.29 is 28.5 Å². The molecule has 1 saturated carbocycles. The molecule has 2 fully saturated rings. The van der Waals surface area contributed by atoms with Gasteiger partial charge < -0.3 is 24.7 Å². The minimum absolute atomic E-state index is 0.00296. The van der Waals surface area contributed by atoms with Gasteiger partial charge in [0.2, 0.25) is 0 Å². The molecule has 3 heterocycles. The van der Waals surface area contributed by atoms with Crippen LogP contribution in [0.2, 0.25) is 0 Å². The van der Waals surface area contributed by atoms with Crippen molar-refractivity contribution in [1.29, 1.82) is 0 Å². The van der Waals surface area contributed by atoms with Crippen molar-refractivity contribution in [1.82, 2.24) is 19.7 Å². The number of imidazole rings is 1. The van der Waals surface area contributed by atoms with E-state index in [-0.39, 0.29) is 42.2 Å². The number of fused-ring (bicyclic) bond motifs is 1. The predicted molar refractivity (Wildman–Crippen MR) is 148 cm³/mol. The van der Waals surface area contributed by atoms with Gasteiger partial charge in [0, 0.05) is 24.2 Å². The molecule has 0 spiro atoms. The van der Waals surface area contributed by atoms with Crippen LogP contribution in [-0.4, -0.2) is 61.5 Å². The van der Waals surface area contributed by atoms with Gasteiger partial charge in [-0.25, -0.2) is 8.78 Å². The number of aromatic nitrogens is 4. The molecule has 210 valence electrons. The number of hydrogen-bond donors (Lipinski definition) is 3. The minimum atomic E-state index is -0.901. The fourth-order valence-electron chi connectivity index (χ4n) is 5.32. The Hall–Kier alpha value is -4.12. The van der Waals surface area contributed by atoms with Crippen molar-refractivity contribution in [2.24, 2.45) is 0 Å². The van der Waals surface area contributed by atoms with Gasteiger partial charge in [0.05, 0.1) is 42.1 Å². The Kier molecular flexibility index (Phi) is 6.53. The second kappa shape index (κ2) is 10.4. The maximum Gasteiger partial charge on any atom is 0.295 e. The molecule has 3 atom stereocenters. The monoisotopic (exact) mass is 558 g/mol. The summed E-state index contributed by atoms with van der Waals surface area (Å²) in [6.07, 6.45) is 2.48. The molecule has 0 unspecified atom stereocenters. The van der Waals surface area contributed by atoms with E-state index in [2.05, 4.69) is 15.1 Å². The fourth-order valence-corrected chi connectivity index (χ4v) is 5.32. The summed E-state index contributed by atoms with van der Waals surface area (Å²) in [5.74, 6) is -1.52. The van der Waals surface area contributed by atoms with Crippen LogP contribution in [0.25, 0.3) is 44.5 Å². The highest BCUT2D eigenvalue weighted by molar-refractivity contribution is 5.84. The van der Waals surface area contributed by atoms with Gasteiger partial charge in [-0.2, -0.15) is 10.1 Å². The molecule has 1 saturated heterocycles. The molecule has 41 heavy (non-hydrogen) atoms. The molecule has 10 heteroatoms. The Morgan fingerprint density at radius 2 is 1.66 bits per heavy atom. The Labute approximate surface area is 234 Å². The number of ether oxygens (including phenoxy) is 2. The van der Waals surface area contributed by atoms with Crippen LogP contribution >= 0.6 is 0 Å². The number of halogens is 2. The number of H-pyrrole nitrogens is 1. The molecule has 3 N–H and O–H groups in total. The highest BCUT2D eigenvalue weighted by Crippen LogP contribution is 2.36. The molecular formula is C31H28F2N4O4. The zero-order valence-corrected chi connectivity index (χ0v) is 22.0. The van der Waals surface area contributed by atoms with Crippen LogP contribution in [-0.2, 0) is 4.74 Å². The van der Waals surface area contributed by atoms with Gasteiger partial charge in [-0.1, -0.05) is 48.5 Å². The molecule has 0 bridgehead atoms. The van der Waals surface area contributed by atoms with E-state index in [1.54, 1.807) is 12.1 Å². The van der Waals surface area contributed by atoms with Gasteiger partial charge in [0.25, 0.3) is 6.01 Å². The molecule has 2 aliphatic rings. The van der Waals surface area contributed by atoms with E-state index in [0.29, 0.717) is 11.6 Å². The first-order valence-corrected chi connectivity index (χ1v) is 13.7. The first-order chi connectivity index (χ1) is 20.0. The number of rotatable bonds is 7. The summed E-state index contributed by atoms with van der Waals surface area (Å²) in [6.45, 7) is -0.173. The van der Waals surface area contributed by atoms with Gasteiger partial charge in [-0.05, 0) is 35.6 Å². The lowest BCUT2D eigenvalue weighted by molar-refractivity contribution is -0.131. The lowest BCUT2D eigenvalue weighted by atomic mass is 9.98. The number of aliphatic hydroxyl groups excluding tert-OH is 2. The largest absolute Gasteiger partial charge is 0.459 e. The summed E-state index contributed by atoms with van der Waals surface area (Å²) >= 11 is 0. The molecule has 3 aromatic carbocycles. The second-order valence-corrected chi connectivity index (χ2v) is 10.6. The van der Waals surface area contributed by atoms with Gasteiger partial charge >= 0.3 is 0 Å². The van der Waals surface area contributed by atoms with Crippen LogP contribution in [0, 0.1) is 11.6 Å². The molecule has 5 aromatic rings. The van der Waals surface area contributed by atoms with Crippen LogP contribution in [0.4, 0.5) is 8.78 Å². The van der Waals surface area contributed by atoms with E-state index >= 15 is 8.78 Å². The van der Waals surface area contributed by atoms with E-state index in [1.807, 2.05) is 53.3 Å². The first-order valence-electron chi connectivity index (χ1n) is 13.7. The highest BCUT2D eigenvalue weighted by atomic mass is 19.1. The van der Waals surface area contributed by atoms with Gasteiger partial charge in [0.1, 0.15) is 23.5 Å². The fraction of sp³-hybridized carbons (Fsp3) is 0.290. The van der Waals surface area contributed by atoms with E-state index < -0.39 is 29.9 Å². The molecule has 0 amide bonds. The van der Waals surface area contributed by atoms with E-state index in [4.69, 9.17) is 9.47 Å². The van der Waals surface area contributed by atoms with Crippen LogP contribution in [0.1, 0.15) is 25.3 Å². The van der Waals surface area contributed by atoms with Crippen LogP contribution in [0.15, 0.2) is 66.9 Å². The summed E-state index contributed by atoms with van der Waals surface area (Å²) in [5, 5.41) is 24.0. The molecule has 0 radical (unpaired) electrons. The van der Waals surface area contributed by atoms with Crippen molar-refractivity contribution in [3.8, 4) is 39.5 Å². The lowest BCUT2D eigenvalue weighted by Crippen LogP contribution is -2.45. The Bertz CT molecular complexity index is 1700. The number of hydrogen-bond acceptors (Lipinski definition) is 6. The number of nitrogens with zero attached hydrogens (tertiary/aromatic N) is 3. The molecule has 8 nitrogen and oxygen atoms in total. The topological polar surface area (TPSA) is 105 Å². The quantitative estimate of drug-likeness (QED) is 0.252. The van der Waals surface area contributed by atoms with Gasteiger partial charge in [0.15, 0.2) is 5.82 Å². The molecule has 1 aliphatic carbocycles. The normalized spacial score (nSPS) is 20.9. The number of nitrogens with one attached hydrogen (secondary N) is 1. The standard InChI is InChI=1S/C31H28F2N4O4/c32-23-14-25-30(35-31(34-25)41-22-13-26(39)27(15-38)40-16-22)29(33)28(23)20-7-3-18(4-8-20)17-1-5-19(6-2-17)24-11-12-37(36-24)21-9-10-21/h1-8,11-12,14,21-22,26-27,38-39H,9-10,13,15-16H2,(H,34,35)/t22-,26+,27-/m1/s1. The second-order valence-electron chi connectivity index (χ2n) is 10.6. The number of aliphatic hydroxyl groups is 2. The Morgan fingerprint density at radius 1 is 0.976 bits per heavy atom. The van der Waals surface area contributed by atoms with Gasteiger partial charge in [-0.15, -0.1) is 0 Å². The molecular weight excluding hydrogens is 530 g/mol. The summed E-state index contributed by atoms with van der Waals surface area (Å²) < 4.78 is 43.9. The van der Waals surface area contributed by atoms with E-state index in [9.17, 15) is 10.2 Å². The number of benzene rings is 3. The van der Waals surface area contributed by atoms with Crippen molar-refractivity contribution in [2.45, 2.75) is 43.6 Å². The SMILES string of the molecule is OC[C@H]1OC[C@H](Oc2nc3c(F)c(-c4ccc(-c5ccc(-c6ccn(C7CC7)n6)cc5)cc4)c(F)cc3[nH]2)C[C@@H]1O. The van der Waals surface area contributed by atoms with Gasteiger partial charge in [-0.3, -0.25) is 4.68 Å². The van der Waals surface area contributed by atoms with Crippen molar-refractivity contribution in [3.63, 3.8) is 0 Å². The third-order valence-corrected chi connectivity index (χ3v) is 7.75. The zero-order chi connectivity index (χ0) is 28.1. The number of aromatic amines is 1. The minimum Gasteiger partial charge on any atom is -0.459 e. The van der Waals surface area contributed by atoms with Crippen LogP contribution in [0.5, 0.6) is 6.01 Å². The molecule has 1 aliphatic heterocycles. The van der Waals surface area contributed by atoms with Crippen molar-refractivity contribution >= 4 is 11.0 Å². The van der Waals surface area contributed by atoms with Crippen LogP contribution < -0.4 is 4.74 Å². The lowest BCUT2D eigenvalue weighted by Gasteiger charge is -2.31. The third kappa shape index (κ3) is 4.99. The van der Waals surface area contributed by atoms with E-state index in [1.165, 1.54) is 18.9 Å². The predicted octanol–water partition coefficient (Wildman–Crippen LogP) is 5.26. The van der Waals surface area contributed by atoms with E-state index in [0.717, 1.165) is 22.4 Å². The maximum absolute atomic E-state index is 15.6. The summed E-state index contributed by atoms with van der Waals surface area (Å²) in [7, 11) is 0. The third-order valence-electron chi connectivity index (χ3n) is 7.75. The molecule has 7 rings (SSSR count). The average Bonchev–Trinajstić information content (AvgIpc) is 3.57. The Morgan fingerprint density at radius 3 is 2.32 bits per heavy atom. The van der Waals surface area contributed by atoms with Crippen molar-refractivity contribution in [2.75, 3.05) is 13.2 Å². The molecule has 2 aromatic heterocycles. The smallest absolute Gasteiger partial charge is 0.295 e.